The lowest BCUT2D eigenvalue weighted by molar-refractivity contribution is 1.48. The monoisotopic (exact) mass is 294 g/mol. The van der Waals surface area contributed by atoms with Gasteiger partial charge in [0.2, 0.25) is 0 Å². The van der Waals surface area contributed by atoms with Crippen LogP contribution in [-0.4, -0.2) is 0 Å². The summed E-state index contributed by atoms with van der Waals surface area (Å²) in [5.74, 6) is 0. The molecule has 0 aliphatic carbocycles. The maximum atomic E-state index is 3.83. The van der Waals surface area contributed by atoms with Crippen molar-refractivity contribution in [3.63, 3.8) is 0 Å². The molecular weight excluding hydrogens is 283 g/mol. The van der Waals surface area contributed by atoms with Gasteiger partial charge in [0.25, 0.3) is 0 Å². The van der Waals surface area contributed by atoms with Gasteiger partial charge in [0, 0.05) is 4.43 Å². The molecule has 0 aromatic heterocycles. The van der Waals surface area contributed by atoms with Crippen molar-refractivity contribution in [1.82, 2.24) is 0 Å². The fraction of sp³-hybridized carbons (Fsp3) is 0.0769. The summed E-state index contributed by atoms with van der Waals surface area (Å²) in [6.45, 7) is 3.83. The number of halogens is 1. The molecule has 0 spiro atoms. The normalized spacial score (nSPS) is 10.4. The molecule has 0 aliphatic rings. The zero-order chi connectivity index (χ0) is 9.97. The molecule has 0 fully saturated rings. The average Bonchev–Trinajstić information content (AvgIpc) is 2.27. The molecule has 0 saturated carbocycles. The predicted molar refractivity (Wildman–Crippen MR) is 71.8 cm³/mol. The molecule has 0 aliphatic heterocycles. The van der Waals surface area contributed by atoms with Crippen molar-refractivity contribution in [3.8, 4) is 0 Å². The smallest absolute Gasteiger partial charge is 0.0247 e. The van der Waals surface area contributed by atoms with E-state index in [4.69, 9.17) is 0 Å². The Bertz CT molecular complexity index is 472. The van der Waals surface area contributed by atoms with Gasteiger partial charge < -0.3 is 0 Å². The molecule has 0 amide bonds. The predicted octanol–water partition coefficient (Wildman–Crippen LogP) is 4.42. The van der Waals surface area contributed by atoms with Crippen LogP contribution >= 0.6 is 22.6 Å². The molecule has 0 heterocycles. The van der Waals surface area contributed by atoms with Crippen LogP contribution in [0.15, 0.2) is 43.0 Å². The Morgan fingerprint density at radius 1 is 1.21 bits per heavy atom. The van der Waals surface area contributed by atoms with Crippen LogP contribution in [0.25, 0.3) is 16.8 Å². The van der Waals surface area contributed by atoms with Crippen LogP contribution in [0.4, 0.5) is 0 Å². The summed E-state index contributed by atoms with van der Waals surface area (Å²) >= 11 is 2.38. The van der Waals surface area contributed by atoms with E-state index in [-0.39, 0.29) is 0 Å². The van der Waals surface area contributed by atoms with Crippen molar-refractivity contribution >= 4 is 39.4 Å². The first kappa shape index (κ1) is 9.71. The Morgan fingerprint density at radius 3 is 2.79 bits per heavy atom. The largest absolute Gasteiger partial charge is 0.0984 e. The minimum absolute atomic E-state index is 1.05. The Hall–Kier alpha value is -0.830. The summed E-state index contributed by atoms with van der Waals surface area (Å²) in [5, 5.41) is 2.59. The summed E-state index contributed by atoms with van der Waals surface area (Å²) in [7, 11) is 0. The van der Waals surface area contributed by atoms with Crippen LogP contribution in [0.5, 0.6) is 0 Å². The van der Waals surface area contributed by atoms with Crippen molar-refractivity contribution in [2.75, 3.05) is 0 Å². The molecule has 0 N–H and O–H groups in total. The van der Waals surface area contributed by atoms with Crippen molar-refractivity contribution < 1.29 is 0 Å². The van der Waals surface area contributed by atoms with Crippen molar-refractivity contribution in [3.05, 3.63) is 54.1 Å². The van der Waals surface area contributed by atoms with Crippen molar-refractivity contribution in [1.29, 1.82) is 0 Å². The number of fused-ring (bicyclic) bond motifs is 1. The van der Waals surface area contributed by atoms with Gasteiger partial charge in [-0.15, -0.1) is 0 Å². The van der Waals surface area contributed by atoms with E-state index in [0.29, 0.717) is 0 Å². The van der Waals surface area contributed by atoms with Crippen molar-refractivity contribution in [2.45, 2.75) is 4.43 Å². The molecular formula is C13H11I. The van der Waals surface area contributed by atoms with E-state index >= 15 is 0 Å². The first-order valence-electron chi connectivity index (χ1n) is 4.55. The van der Waals surface area contributed by atoms with Gasteiger partial charge in [0.1, 0.15) is 0 Å². The summed E-state index contributed by atoms with van der Waals surface area (Å²) in [5.41, 5.74) is 2.58. The molecule has 0 saturated heterocycles. The summed E-state index contributed by atoms with van der Waals surface area (Å²) in [4.78, 5) is 0. The lowest BCUT2D eigenvalue weighted by Crippen LogP contribution is -1.81. The minimum atomic E-state index is 1.05. The second-order valence-electron chi connectivity index (χ2n) is 3.24. The molecule has 1 heteroatoms. The third-order valence-corrected chi connectivity index (χ3v) is 3.24. The maximum absolute atomic E-state index is 3.83. The van der Waals surface area contributed by atoms with Gasteiger partial charge in [-0.1, -0.05) is 65.6 Å². The summed E-state index contributed by atoms with van der Waals surface area (Å²) < 4.78 is 1.05. The van der Waals surface area contributed by atoms with Gasteiger partial charge in [0.05, 0.1) is 0 Å². The van der Waals surface area contributed by atoms with E-state index < -0.39 is 0 Å². The second kappa shape index (κ2) is 4.13. The minimum Gasteiger partial charge on any atom is -0.0984 e. The number of alkyl halides is 1. The quantitative estimate of drug-likeness (QED) is 0.568. The maximum Gasteiger partial charge on any atom is 0.0247 e. The van der Waals surface area contributed by atoms with Crippen LogP contribution in [0.3, 0.4) is 0 Å². The van der Waals surface area contributed by atoms with E-state index in [2.05, 4.69) is 65.6 Å². The second-order valence-corrected chi connectivity index (χ2v) is 4.00. The standard InChI is InChI=1S/C13H11I/c1-2-11-4-3-5-12-7-6-10(9-14)8-13(11)12/h2-8H,1,9H2. The van der Waals surface area contributed by atoms with Crippen LogP contribution in [0.2, 0.25) is 0 Å². The fourth-order valence-corrected chi connectivity index (χ4v) is 2.08. The van der Waals surface area contributed by atoms with Gasteiger partial charge in [-0.2, -0.15) is 0 Å². The molecule has 70 valence electrons. The topological polar surface area (TPSA) is 0 Å². The first-order valence-corrected chi connectivity index (χ1v) is 6.08. The summed E-state index contributed by atoms with van der Waals surface area (Å²) in [6.07, 6.45) is 1.92. The number of rotatable bonds is 2. The van der Waals surface area contributed by atoms with Gasteiger partial charge in [0.15, 0.2) is 0 Å². The van der Waals surface area contributed by atoms with Crippen LogP contribution < -0.4 is 0 Å². The third kappa shape index (κ3) is 1.69. The van der Waals surface area contributed by atoms with E-state index in [1.807, 2.05) is 6.08 Å². The van der Waals surface area contributed by atoms with Crippen LogP contribution in [-0.2, 0) is 4.43 Å². The number of benzene rings is 2. The van der Waals surface area contributed by atoms with Gasteiger partial charge in [-0.3, -0.25) is 0 Å². The van der Waals surface area contributed by atoms with E-state index in [0.717, 1.165) is 4.43 Å². The fourth-order valence-electron chi connectivity index (χ4n) is 1.61. The van der Waals surface area contributed by atoms with Gasteiger partial charge >= 0.3 is 0 Å². The molecule has 14 heavy (non-hydrogen) atoms. The molecule has 0 nitrogen and oxygen atoms in total. The molecule has 0 unspecified atom stereocenters. The molecule has 2 aromatic carbocycles. The average molecular weight is 294 g/mol. The highest BCUT2D eigenvalue weighted by molar-refractivity contribution is 14.1. The zero-order valence-electron chi connectivity index (χ0n) is 7.83. The van der Waals surface area contributed by atoms with Gasteiger partial charge in [-0.25, -0.2) is 0 Å². The van der Waals surface area contributed by atoms with Gasteiger partial charge in [-0.05, 0) is 28.0 Å². The molecule has 0 bridgehead atoms. The summed E-state index contributed by atoms with van der Waals surface area (Å²) in [6, 6.07) is 12.9. The molecule has 2 rings (SSSR count). The Morgan fingerprint density at radius 2 is 2.07 bits per heavy atom. The van der Waals surface area contributed by atoms with Crippen LogP contribution in [0.1, 0.15) is 11.1 Å². The highest BCUT2D eigenvalue weighted by atomic mass is 127. The number of hydrogen-bond donors (Lipinski definition) is 0. The first-order chi connectivity index (χ1) is 6.85. The Kier molecular flexibility index (Phi) is 2.87. The lowest BCUT2D eigenvalue weighted by Gasteiger charge is -2.03. The van der Waals surface area contributed by atoms with Crippen LogP contribution in [0, 0.1) is 0 Å². The zero-order valence-corrected chi connectivity index (χ0v) is 9.99. The highest BCUT2D eigenvalue weighted by Crippen LogP contribution is 2.22. The highest BCUT2D eigenvalue weighted by Gasteiger charge is 1.98. The van der Waals surface area contributed by atoms with Crippen molar-refractivity contribution in [2.24, 2.45) is 0 Å². The SMILES string of the molecule is C=Cc1cccc2ccc(CI)cc12. The lowest BCUT2D eigenvalue weighted by atomic mass is 10.0. The Labute approximate surface area is 97.8 Å². The molecule has 0 atom stereocenters. The van der Waals surface area contributed by atoms with E-state index in [1.54, 1.807) is 0 Å². The Balaban J connectivity index is 2.76. The molecule has 0 radical (unpaired) electrons. The molecule has 2 aromatic rings. The van der Waals surface area contributed by atoms with E-state index in [1.165, 1.54) is 21.9 Å². The van der Waals surface area contributed by atoms with E-state index in [9.17, 15) is 0 Å². The number of hydrogen-bond acceptors (Lipinski definition) is 0. The third-order valence-electron chi connectivity index (χ3n) is 2.35.